The lowest BCUT2D eigenvalue weighted by molar-refractivity contribution is 1.52. The Bertz CT molecular complexity index is 197. The van der Waals surface area contributed by atoms with Crippen molar-refractivity contribution in [2.45, 2.75) is 6.92 Å². The molecule has 0 unspecified atom stereocenters. The summed E-state index contributed by atoms with van der Waals surface area (Å²) >= 11 is 5.52. The number of rotatable bonds is 0. The minimum Gasteiger partial charge on any atom is -0.0744 e. The van der Waals surface area contributed by atoms with Gasteiger partial charge in [0.25, 0.3) is 0 Å². The van der Waals surface area contributed by atoms with Gasteiger partial charge in [0.2, 0.25) is 0 Å². The van der Waals surface area contributed by atoms with Crippen LogP contribution in [0.2, 0.25) is 0 Å². The van der Waals surface area contributed by atoms with Crippen LogP contribution in [-0.2, 0) is 0 Å². The van der Waals surface area contributed by atoms with Crippen molar-refractivity contribution in [2.75, 3.05) is 0 Å². The Labute approximate surface area is 53.5 Å². The third-order valence-corrected chi connectivity index (χ3v) is 1.08. The number of hydrogen-bond donors (Lipinski definition) is 0. The van der Waals surface area contributed by atoms with Gasteiger partial charge in [-0.15, -0.1) is 0 Å². The second kappa shape index (κ2) is 2.07. The zero-order valence-electron chi connectivity index (χ0n) is 4.53. The summed E-state index contributed by atoms with van der Waals surface area (Å²) in [7, 11) is 0. The summed E-state index contributed by atoms with van der Waals surface area (Å²) in [6.07, 6.45) is 3.70. The van der Waals surface area contributed by atoms with Gasteiger partial charge in [0.05, 0.1) is 5.03 Å². The largest absolute Gasteiger partial charge is 0.0908 e. The molecule has 1 aliphatic rings. The first-order valence-corrected chi connectivity index (χ1v) is 2.73. The molecule has 0 aliphatic heterocycles. The van der Waals surface area contributed by atoms with E-state index in [4.69, 9.17) is 11.6 Å². The normalized spacial score (nSPS) is 15.8. The molecule has 0 heterocycles. The van der Waals surface area contributed by atoms with Crippen LogP contribution in [0.5, 0.6) is 0 Å². The first-order valence-electron chi connectivity index (χ1n) is 2.35. The van der Waals surface area contributed by atoms with E-state index in [2.05, 4.69) is 11.5 Å². The van der Waals surface area contributed by atoms with Gasteiger partial charge in [0, 0.05) is 0 Å². The zero-order valence-corrected chi connectivity index (χ0v) is 5.29. The van der Waals surface area contributed by atoms with E-state index in [1.165, 1.54) is 0 Å². The van der Waals surface area contributed by atoms with Crippen LogP contribution >= 0.6 is 11.6 Å². The summed E-state index contributed by atoms with van der Waals surface area (Å²) in [5, 5.41) is 0.621. The smallest absolute Gasteiger partial charge is 0.0744 e. The van der Waals surface area contributed by atoms with Crippen molar-refractivity contribution in [3.63, 3.8) is 0 Å². The highest BCUT2D eigenvalue weighted by Crippen LogP contribution is 2.06. The highest BCUT2D eigenvalue weighted by Gasteiger charge is 1.85. The molecule has 40 valence electrons. The standard InChI is InChI=1S/C7H5Cl/c1-6-2-4-7(8)5-3-6/h2,4H,1H3. The summed E-state index contributed by atoms with van der Waals surface area (Å²) in [6.45, 7) is 1.95. The second-order valence-electron chi connectivity index (χ2n) is 1.61. The van der Waals surface area contributed by atoms with Gasteiger partial charge in [0.15, 0.2) is 0 Å². The van der Waals surface area contributed by atoms with E-state index in [0.717, 1.165) is 5.57 Å². The maximum absolute atomic E-state index is 5.52. The highest BCUT2D eigenvalue weighted by atomic mass is 35.5. The van der Waals surface area contributed by atoms with Crippen molar-refractivity contribution in [3.8, 4) is 0 Å². The molecule has 0 aromatic rings. The van der Waals surface area contributed by atoms with Gasteiger partial charge in [-0.3, -0.25) is 0 Å². The minimum absolute atomic E-state index is 0.621. The van der Waals surface area contributed by atoms with E-state index >= 15 is 0 Å². The Morgan fingerprint density at radius 3 is 2.50 bits per heavy atom. The first kappa shape index (κ1) is 5.47. The van der Waals surface area contributed by atoms with Crippen molar-refractivity contribution in [3.05, 3.63) is 34.2 Å². The highest BCUT2D eigenvalue weighted by molar-refractivity contribution is 6.31. The van der Waals surface area contributed by atoms with Crippen LogP contribution in [0, 0.1) is 0 Å². The molecule has 0 saturated heterocycles. The summed E-state index contributed by atoms with van der Waals surface area (Å²) in [6, 6.07) is 0. The van der Waals surface area contributed by atoms with Gasteiger partial charge in [-0.2, -0.15) is 0 Å². The average molecular weight is 125 g/mol. The van der Waals surface area contributed by atoms with E-state index < -0.39 is 0 Å². The summed E-state index contributed by atoms with van der Waals surface area (Å²) in [5.41, 5.74) is 6.65. The summed E-state index contributed by atoms with van der Waals surface area (Å²) in [5.74, 6) is 0. The van der Waals surface area contributed by atoms with Gasteiger partial charge in [-0.05, 0) is 30.4 Å². The number of allylic oxidation sites excluding steroid dienone is 4. The van der Waals surface area contributed by atoms with E-state index in [0.29, 0.717) is 5.03 Å². The van der Waals surface area contributed by atoms with Gasteiger partial charge >= 0.3 is 0 Å². The monoisotopic (exact) mass is 124 g/mol. The molecule has 1 heteroatoms. The van der Waals surface area contributed by atoms with Crippen LogP contribution in [0.1, 0.15) is 6.92 Å². The third kappa shape index (κ3) is 1.15. The van der Waals surface area contributed by atoms with Crippen molar-refractivity contribution < 1.29 is 0 Å². The molecule has 0 aromatic carbocycles. The van der Waals surface area contributed by atoms with Crippen LogP contribution in [-0.4, -0.2) is 0 Å². The number of hydrogen-bond acceptors (Lipinski definition) is 0. The molecule has 0 saturated carbocycles. The van der Waals surface area contributed by atoms with E-state index in [1.807, 2.05) is 13.0 Å². The van der Waals surface area contributed by atoms with Crippen molar-refractivity contribution in [1.29, 1.82) is 0 Å². The van der Waals surface area contributed by atoms with Crippen LogP contribution < -0.4 is 0 Å². The maximum atomic E-state index is 5.52. The summed E-state index contributed by atoms with van der Waals surface area (Å²) < 4.78 is 0. The fraction of sp³-hybridized carbons (Fsp3) is 0.143. The Hall–Kier alpha value is -0.670. The van der Waals surface area contributed by atoms with Gasteiger partial charge in [0.1, 0.15) is 0 Å². The Kier molecular flexibility index (Phi) is 1.41. The van der Waals surface area contributed by atoms with Crippen molar-refractivity contribution in [1.82, 2.24) is 0 Å². The van der Waals surface area contributed by atoms with Gasteiger partial charge in [-0.25, -0.2) is 0 Å². The third-order valence-electron chi connectivity index (χ3n) is 0.859. The molecule has 0 radical (unpaired) electrons. The molecule has 0 aromatic heterocycles. The van der Waals surface area contributed by atoms with Crippen LogP contribution in [0.25, 0.3) is 0 Å². The van der Waals surface area contributed by atoms with E-state index in [-0.39, 0.29) is 0 Å². The van der Waals surface area contributed by atoms with Gasteiger partial charge < -0.3 is 0 Å². The quantitative estimate of drug-likeness (QED) is 0.435. The maximum Gasteiger partial charge on any atom is 0.0908 e. The lowest BCUT2D eigenvalue weighted by Crippen LogP contribution is -1.67. The Balaban J connectivity index is 3.19. The van der Waals surface area contributed by atoms with Crippen molar-refractivity contribution in [2.24, 2.45) is 0 Å². The van der Waals surface area contributed by atoms with Crippen LogP contribution in [0.4, 0.5) is 0 Å². The average Bonchev–Trinajstić information content (AvgIpc) is 1.77. The van der Waals surface area contributed by atoms with E-state index in [1.54, 1.807) is 6.08 Å². The molecule has 0 fully saturated rings. The van der Waals surface area contributed by atoms with Crippen molar-refractivity contribution >= 4 is 11.6 Å². The predicted molar refractivity (Wildman–Crippen MR) is 34.7 cm³/mol. The molecular formula is C7H5Cl. The molecule has 0 nitrogen and oxygen atoms in total. The SMILES string of the molecule is CC1=C=C=C(Cl)C=C1. The minimum atomic E-state index is 0.621. The fourth-order valence-electron chi connectivity index (χ4n) is 0.440. The molecule has 0 bridgehead atoms. The molecule has 0 N–H and O–H groups in total. The Morgan fingerprint density at radius 2 is 2.12 bits per heavy atom. The topological polar surface area (TPSA) is 0 Å². The molecule has 1 rings (SSSR count). The second-order valence-corrected chi connectivity index (χ2v) is 2.02. The van der Waals surface area contributed by atoms with Gasteiger partial charge in [-0.1, -0.05) is 17.3 Å². The Morgan fingerprint density at radius 1 is 1.38 bits per heavy atom. The molecule has 0 spiro atoms. The fourth-order valence-corrected chi connectivity index (χ4v) is 0.550. The molecule has 0 amide bonds. The molecule has 0 atom stereocenters. The number of halogens is 1. The van der Waals surface area contributed by atoms with E-state index in [9.17, 15) is 0 Å². The molecular weight excluding hydrogens is 120 g/mol. The molecule has 8 heavy (non-hydrogen) atoms. The van der Waals surface area contributed by atoms with Crippen LogP contribution in [0.3, 0.4) is 0 Å². The summed E-state index contributed by atoms with van der Waals surface area (Å²) in [4.78, 5) is 0. The zero-order chi connectivity index (χ0) is 5.98. The lowest BCUT2D eigenvalue weighted by atomic mass is 10.2. The molecule has 1 aliphatic carbocycles. The first-order chi connectivity index (χ1) is 3.79. The van der Waals surface area contributed by atoms with Crippen LogP contribution in [0.15, 0.2) is 34.2 Å². The lowest BCUT2D eigenvalue weighted by Gasteiger charge is -1.86. The predicted octanol–water partition coefficient (Wildman–Crippen LogP) is 2.38.